The van der Waals surface area contributed by atoms with E-state index in [1.165, 1.54) is 12.1 Å². The van der Waals surface area contributed by atoms with Crippen LogP contribution >= 0.6 is 11.6 Å². The van der Waals surface area contributed by atoms with Crippen molar-refractivity contribution in [2.45, 2.75) is 24.7 Å². The summed E-state index contributed by atoms with van der Waals surface area (Å²) in [5.41, 5.74) is 5.34. The number of carbonyl (C=O) groups is 2. The number of amides is 1. The highest BCUT2D eigenvalue weighted by Gasteiger charge is 2.61. The van der Waals surface area contributed by atoms with E-state index in [0.29, 0.717) is 0 Å². The predicted octanol–water partition coefficient (Wildman–Crippen LogP) is 2.02. The Morgan fingerprint density at radius 3 is 2.27 bits per heavy atom. The normalized spacial score (nSPS) is 22.9. The van der Waals surface area contributed by atoms with Crippen LogP contribution in [-0.2, 0) is 19.1 Å². The lowest BCUT2D eigenvalue weighted by atomic mass is 10.0. The van der Waals surface area contributed by atoms with E-state index in [9.17, 15) is 18.0 Å². The monoisotopic (exact) mass is 345 g/mol. The summed E-state index contributed by atoms with van der Waals surface area (Å²) in [4.78, 5) is 22.2. The zero-order valence-corrected chi connectivity index (χ0v) is 13.6. The van der Waals surface area contributed by atoms with Gasteiger partial charge in [0.1, 0.15) is 4.90 Å². The van der Waals surface area contributed by atoms with Gasteiger partial charge in [0.2, 0.25) is 0 Å². The average molecular weight is 346 g/mol. The lowest BCUT2D eigenvalue weighted by molar-refractivity contribution is -0.118. The van der Waals surface area contributed by atoms with Crippen LogP contribution in [0.1, 0.15) is 25.3 Å². The number of halogens is 1. The molecular weight excluding hydrogens is 330 g/mol. The second kappa shape index (κ2) is 5.55. The minimum atomic E-state index is -4.21. The van der Waals surface area contributed by atoms with Crippen molar-refractivity contribution in [1.29, 1.82) is 0 Å². The predicted molar refractivity (Wildman–Crippen MR) is 80.0 cm³/mol. The van der Waals surface area contributed by atoms with Crippen LogP contribution in [0.15, 0.2) is 29.2 Å². The molecule has 1 fully saturated rings. The first-order valence-corrected chi connectivity index (χ1v) is 8.48. The van der Waals surface area contributed by atoms with Gasteiger partial charge >= 0.3 is 16.2 Å². The molecule has 1 saturated carbocycles. The number of nitrogens with two attached hydrogens (primary N) is 1. The van der Waals surface area contributed by atoms with Gasteiger partial charge in [-0.3, -0.25) is 4.79 Å². The molecule has 0 radical (unpaired) electrons. The molecule has 1 amide bonds. The minimum absolute atomic E-state index is 0.00689. The molecule has 0 aliphatic heterocycles. The fraction of sp³-hybridized carbons (Fsp3) is 0.429. The molecule has 0 saturated heterocycles. The molecule has 1 aromatic rings. The molecule has 6 nitrogen and oxygen atoms in total. The van der Waals surface area contributed by atoms with Gasteiger partial charge in [-0.2, -0.15) is 8.42 Å². The van der Waals surface area contributed by atoms with Crippen molar-refractivity contribution in [3.05, 3.63) is 29.8 Å². The number of hydrogen-bond acceptors (Lipinski definition) is 5. The molecular formula is C14H16ClNO5S. The first kappa shape index (κ1) is 16.8. The van der Waals surface area contributed by atoms with Crippen LogP contribution < -0.4 is 5.73 Å². The van der Waals surface area contributed by atoms with Crippen LogP contribution in [0, 0.1) is 11.3 Å². The van der Waals surface area contributed by atoms with Gasteiger partial charge in [0.05, 0.1) is 5.88 Å². The average Bonchev–Trinajstić information content (AvgIpc) is 2.99. The van der Waals surface area contributed by atoms with Crippen molar-refractivity contribution in [3.63, 3.8) is 0 Å². The Labute approximate surface area is 133 Å². The third kappa shape index (κ3) is 2.96. The number of hydrogen-bond donors (Lipinski definition) is 1. The number of carbonyl (C=O) groups excluding carboxylic acids is 2. The molecule has 0 unspecified atom stereocenters. The summed E-state index contributed by atoms with van der Waals surface area (Å²) in [6.45, 7) is 3.93. The lowest BCUT2D eigenvalue weighted by Gasteiger charge is -2.06. The van der Waals surface area contributed by atoms with Crippen molar-refractivity contribution in [3.8, 4) is 0 Å². The zero-order chi connectivity index (χ0) is 16.7. The van der Waals surface area contributed by atoms with E-state index in [4.69, 9.17) is 17.3 Å². The maximum absolute atomic E-state index is 11.8. The zero-order valence-electron chi connectivity index (χ0n) is 12.1. The quantitative estimate of drug-likeness (QED) is 0.649. The number of Topliss-reactive ketones (excluding diaryl/α,β-unsaturated/α-hetero) is 1. The van der Waals surface area contributed by atoms with Crippen LogP contribution in [0.3, 0.4) is 0 Å². The number of alkyl halides is 1. The first-order chi connectivity index (χ1) is 10.1. The van der Waals surface area contributed by atoms with Gasteiger partial charge in [-0.25, -0.2) is 4.79 Å². The van der Waals surface area contributed by atoms with Crippen molar-refractivity contribution in [2.75, 3.05) is 5.88 Å². The molecule has 1 aromatic carbocycles. The summed E-state index contributed by atoms with van der Waals surface area (Å²) < 4.78 is 27.5. The largest absolute Gasteiger partial charge is 0.420 e. The second-order valence-corrected chi connectivity index (χ2v) is 7.62. The molecule has 0 aromatic heterocycles. The molecule has 1 aliphatic rings. The molecule has 2 atom stereocenters. The van der Waals surface area contributed by atoms with E-state index in [0.717, 1.165) is 5.56 Å². The number of benzene rings is 1. The van der Waals surface area contributed by atoms with Crippen molar-refractivity contribution < 1.29 is 22.2 Å². The molecule has 120 valence electrons. The number of rotatable bonds is 5. The molecule has 2 N–H and O–H groups in total. The van der Waals surface area contributed by atoms with Gasteiger partial charge in [-0.1, -0.05) is 26.0 Å². The molecule has 22 heavy (non-hydrogen) atoms. The first-order valence-electron chi connectivity index (χ1n) is 6.54. The highest BCUT2D eigenvalue weighted by molar-refractivity contribution is 7.87. The van der Waals surface area contributed by atoms with Crippen LogP contribution in [-0.4, -0.2) is 26.2 Å². The van der Waals surface area contributed by atoms with Gasteiger partial charge in [0, 0.05) is 5.92 Å². The standard InChI is InChI=1S/C14H16ClNO5S/c1-14(2)11(12(14)10(17)7-15)8-3-5-9(6-4-8)22(19,20)21-13(16)18/h3-6,11-12H,7H2,1-2H3,(H2,16,18)/t11-,12-/m0/s1. The van der Waals surface area contributed by atoms with Crippen LogP contribution in [0.25, 0.3) is 0 Å². The van der Waals surface area contributed by atoms with Crippen molar-refractivity contribution >= 4 is 33.6 Å². The molecule has 1 aliphatic carbocycles. The third-order valence-electron chi connectivity index (χ3n) is 4.03. The Morgan fingerprint density at radius 1 is 1.27 bits per heavy atom. The SMILES string of the molecule is CC1(C)[C@@H](C(=O)CCl)[C@@H]1c1ccc(S(=O)(=O)OC(N)=O)cc1. The highest BCUT2D eigenvalue weighted by atomic mass is 35.5. The Bertz CT molecular complexity index is 711. The van der Waals surface area contributed by atoms with E-state index < -0.39 is 16.2 Å². The van der Waals surface area contributed by atoms with Crippen LogP contribution in [0.5, 0.6) is 0 Å². The van der Waals surface area contributed by atoms with Gasteiger partial charge < -0.3 is 9.92 Å². The summed E-state index contributed by atoms with van der Waals surface area (Å²) in [7, 11) is -4.21. The maximum Gasteiger partial charge on any atom is 0.420 e. The third-order valence-corrected chi connectivity index (χ3v) is 5.52. The highest BCUT2D eigenvalue weighted by Crippen LogP contribution is 2.64. The van der Waals surface area contributed by atoms with Gasteiger partial charge in [-0.15, -0.1) is 11.6 Å². The topological polar surface area (TPSA) is 104 Å². The molecule has 0 spiro atoms. The lowest BCUT2D eigenvalue weighted by Crippen LogP contribution is -2.18. The molecule has 8 heteroatoms. The minimum Gasteiger partial charge on any atom is -0.334 e. The molecule has 2 rings (SSSR count). The Hall–Kier alpha value is -1.60. The smallest absolute Gasteiger partial charge is 0.334 e. The number of ketones is 1. The number of primary amides is 1. The fourth-order valence-electron chi connectivity index (χ4n) is 2.94. The Balaban J connectivity index is 2.24. The summed E-state index contributed by atoms with van der Waals surface area (Å²) in [6.07, 6.45) is -1.39. The van der Waals surface area contributed by atoms with E-state index >= 15 is 0 Å². The maximum atomic E-state index is 11.8. The van der Waals surface area contributed by atoms with E-state index in [1.54, 1.807) is 12.1 Å². The fourth-order valence-corrected chi connectivity index (χ4v) is 3.89. The van der Waals surface area contributed by atoms with Crippen LogP contribution in [0.4, 0.5) is 4.79 Å². The molecule has 0 heterocycles. The van der Waals surface area contributed by atoms with Gasteiger partial charge in [0.15, 0.2) is 5.78 Å². The Kier molecular flexibility index (Phi) is 4.23. The van der Waals surface area contributed by atoms with Gasteiger partial charge in [0.25, 0.3) is 0 Å². The summed E-state index contributed by atoms with van der Waals surface area (Å²) in [6, 6.07) is 5.85. The van der Waals surface area contributed by atoms with E-state index in [1.807, 2.05) is 13.8 Å². The summed E-state index contributed by atoms with van der Waals surface area (Å²) >= 11 is 5.61. The Morgan fingerprint density at radius 2 is 1.82 bits per heavy atom. The van der Waals surface area contributed by atoms with Gasteiger partial charge in [-0.05, 0) is 29.0 Å². The summed E-state index contributed by atoms with van der Waals surface area (Å²) in [5.74, 6) is -0.240. The van der Waals surface area contributed by atoms with E-state index in [-0.39, 0.29) is 33.8 Å². The molecule has 0 bridgehead atoms. The van der Waals surface area contributed by atoms with Crippen molar-refractivity contribution in [1.82, 2.24) is 0 Å². The van der Waals surface area contributed by atoms with Crippen LogP contribution in [0.2, 0.25) is 0 Å². The second-order valence-electron chi connectivity index (χ2n) is 5.80. The van der Waals surface area contributed by atoms with E-state index in [2.05, 4.69) is 4.18 Å². The summed E-state index contributed by atoms with van der Waals surface area (Å²) in [5, 5.41) is 0. The van der Waals surface area contributed by atoms with Crippen molar-refractivity contribution in [2.24, 2.45) is 17.1 Å².